The Morgan fingerprint density at radius 2 is 1.48 bits per heavy atom. The second-order valence-corrected chi connectivity index (χ2v) is 4.98. The summed E-state index contributed by atoms with van der Waals surface area (Å²) in [6.07, 6.45) is 0. The molecule has 5 heteroatoms. The van der Waals surface area contributed by atoms with E-state index >= 15 is 0 Å². The number of nitrogens with zero attached hydrogens (tertiary/aromatic N) is 1. The van der Waals surface area contributed by atoms with Gasteiger partial charge in [0.1, 0.15) is 18.6 Å². The molecule has 0 saturated heterocycles. The summed E-state index contributed by atoms with van der Waals surface area (Å²) in [5.74, 6) is 1.43. The van der Waals surface area contributed by atoms with Gasteiger partial charge in [-0.25, -0.2) is 0 Å². The molecule has 3 aromatic rings. The number of rotatable bonds is 4. The van der Waals surface area contributed by atoms with E-state index in [-0.39, 0.29) is 5.56 Å². The third-order valence-corrected chi connectivity index (χ3v) is 3.77. The number of hydrogen-bond donors (Lipinski definition) is 0. The van der Waals surface area contributed by atoms with Gasteiger partial charge in [0.2, 0.25) is 0 Å². The van der Waals surface area contributed by atoms with Crippen molar-refractivity contribution in [2.45, 2.75) is 0 Å². The molecular weight excluding hydrogens is 294 g/mol. The van der Waals surface area contributed by atoms with Crippen molar-refractivity contribution in [3.63, 3.8) is 0 Å². The van der Waals surface area contributed by atoms with E-state index in [0.717, 1.165) is 22.3 Å². The molecule has 0 atom stereocenters. The molecule has 0 unspecified atom stereocenters. The minimum absolute atomic E-state index is 0.237. The van der Waals surface area contributed by atoms with Crippen LogP contribution in [0.5, 0.6) is 11.5 Å². The Bertz CT molecular complexity index is 897. The van der Waals surface area contributed by atoms with Crippen LogP contribution in [0.4, 0.5) is 0 Å². The fourth-order valence-electron chi connectivity index (χ4n) is 2.61. The van der Waals surface area contributed by atoms with E-state index in [4.69, 9.17) is 14.3 Å². The first kappa shape index (κ1) is 15.0. The molecule has 1 heterocycles. The normalized spacial score (nSPS) is 10.6. The van der Waals surface area contributed by atoms with Gasteiger partial charge < -0.3 is 14.3 Å². The van der Waals surface area contributed by atoms with Crippen molar-refractivity contribution in [3.05, 3.63) is 58.9 Å². The monoisotopic (exact) mass is 311 g/mol. The molecule has 0 aliphatic carbocycles. The summed E-state index contributed by atoms with van der Waals surface area (Å²) < 4.78 is 11.7. The first-order valence-electron chi connectivity index (χ1n) is 7.10. The van der Waals surface area contributed by atoms with Crippen LogP contribution in [0.25, 0.3) is 22.0 Å². The fraction of sp³-hybridized carbons (Fsp3) is 0.167. The van der Waals surface area contributed by atoms with E-state index in [2.05, 4.69) is 0 Å². The highest BCUT2D eigenvalue weighted by Crippen LogP contribution is 2.30. The van der Waals surface area contributed by atoms with E-state index in [0.29, 0.717) is 11.3 Å². The Hall–Kier alpha value is -2.95. The van der Waals surface area contributed by atoms with Crippen LogP contribution in [0.2, 0.25) is 0 Å². The van der Waals surface area contributed by atoms with Gasteiger partial charge in [0.25, 0.3) is 5.56 Å². The topological polar surface area (TPSA) is 49.7 Å². The molecule has 0 amide bonds. The highest BCUT2D eigenvalue weighted by Gasteiger charge is 2.12. The smallest absolute Gasteiger partial charge is 0.284 e. The molecular formula is C18H17NO4. The predicted molar refractivity (Wildman–Crippen MR) is 89.3 cm³/mol. The van der Waals surface area contributed by atoms with E-state index in [1.165, 1.54) is 11.8 Å². The standard InChI is InChI=1S/C18H17NO4/c1-21-13-6-4-12(5-7-13)16-11-18(20)19(23-3)17-10-14(22-2)8-9-15(16)17/h4-11H,1-3H3. The van der Waals surface area contributed by atoms with Crippen LogP contribution < -0.4 is 19.9 Å². The van der Waals surface area contributed by atoms with Gasteiger partial charge in [0.05, 0.1) is 19.7 Å². The summed E-state index contributed by atoms with van der Waals surface area (Å²) in [7, 11) is 4.67. The van der Waals surface area contributed by atoms with Gasteiger partial charge in [-0.3, -0.25) is 4.79 Å². The highest BCUT2D eigenvalue weighted by molar-refractivity contribution is 5.95. The van der Waals surface area contributed by atoms with Crippen LogP contribution in [0.3, 0.4) is 0 Å². The van der Waals surface area contributed by atoms with E-state index in [1.54, 1.807) is 26.4 Å². The van der Waals surface area contributed by atoms with Gasteiger partial charge in [-0.1, -0.05) is 12.1 Å². The lowest BCUT2D eigenvalue weighted by Gasteiger charge is -2.13. The number of methoxy groups -OCH3 is 2. The zero-order chi connectivity index (χ0) is 16.4. The summed E-state index contributed by atoms with van der Waals surface area (Å²) in [4.78, 5) is 17.6. The lowest BCUT2D eigenvalue weighted by atomic mass is 10.0. The Balaban J connectivity index is 2.30. The van der Waals surface area contributed by atoms with Crippen LogP contribution in [0, 0.1) is 0 Å². The molecule has 23 heavy (non-hydrogen) atoms. The van der Waals surface area contributed by atoms with Crippen LogP contribution in [0.1, 0.15) is 0 Å². The number of pyridine rings is 1. The maximum atomic E-state index is 12.4. The predicted octanol–water partition coefficient (Wildman–Crippen LogP) is 2.74. The molecule has 0 spiro atoms. The number of aromatic nitrogens is 1. The van der Waals surface area contributed by atoms with Crippen molar-refractivity contribution in [3.8, 4) is 22.6 Å². The minimum atomic E-state index is -0.237. The Kier molecular flexibility index (Phi) is 3.93. The average molecular weight is 311 g/mol. The van der Waals surface area contributed by atoms with Crippen LogP contribution in [0.15, 0.2) is 53.3 Å². The average Bonchev–Trinajstić information content (AvgIpc) is 2.60. The Labute approximate surface area is 133 Å². The van der Waals surface area contributed by atoms with E-state index < -0.39 is 0 Å². The number of hydrogen-bond acceptors (Lipinski definition) is 4. The molecule has 0 N–H and O–H groups in total. The molecule has 2 aromatic carbocycles. The SMILES string of the molecule is COc1ccc(-c2cc(=O)n(OC)c3cc(OC)ccc23)cc1. The first-order valence-corrected chi connectivity index (χ1v) is 7.10. The fourth-order valence-corrected chi connectivity index (χ4v) is 2.61. The van der Waals surface area contributed by atoms with Gasteiger partial charge in [-0.15, -0.1) is 4.73 Å². The summed E-state index contributed by atoms with van der Waals surface area (Å²) in [6, 6.07) is 14.7. The lowest BCUT2D eigenvalue weighted by Crippen LogP contribution is -2.24. The second-order valence-electron chi connectivity index (χ2n) is 4.98. The molecule has 118 valence electrons. The molecule has 0 radical (unpaired) electrons. The lowest BCUT2D eigenvalue weighted by molar-refractivity contribution is 0.169. The van der Waals surface area contributed by atoms with E-state index in [9.17, 15) is 4.79 Å². The zero-order valence-electron chi connectivity index (χ0n) is 13.2. The van der Waals surface area contributed by atoms with Crippen LogP contribution in [-0.2, 0) is 0 Å². The second kappa shape index (κ2) is 6.04. The summed E-state index contributed by atoms with van der Waals surface area (Å²) in [6.45, 7) is 0. The van der Waals surface area contributed by atoms with Crippen LogP contribution in [-0.4, -0.2) is 26.1 Å². The maximum absolute atomic E-state index is 12.4. The van der Waals surface area contributed by atoms with Gasteiger partial charge in [0.15, 0.2) is 0 Å². The van der Waals surface area contributed by atoms with Crippen molar-refractivity contribution < 1.29 is 14.3 Å². The first-order chi connectivity index (χ1) is 11.2. The van der Waals surface area contributed by atoms with Crippen molar-refractivity contribution >= 4 is 10.9 Å². The maximum Gasteiger partial charge on any atom is 0.284 e. The quantitative estimate of drug-likeness (QED) is 0.743. The van der Waals surface area contributed by atoms with Gasteiger partial charge in [-0.05, 0) is 35.4 Å². The number of fused-ring (bicyclic) bond motifs is 1. The van der Waals surface area contributed by atoms with Gasteiger partial charge in [-0.2, -0.15) is 0 Å². The molecule has 3 rings (SSSR count). The number of benzene rings is 2. The molecule has 5 nitrogen and oxygen atoms in total. The van der Waals surface area contributed by atoms with E-state index in [1.807, 2.05) is 36.4 Å². The van der Waals surface area contributed by atoms with Crippen molar-refractivity contribution in [2.24, 2.45) is 0 Å². The highest BCUT2D eigenvalue weighted by atomic mass is 16.6. The molecule has 0 aliphatic rings. The molecule has 0 saturated carbocycles. The number of ether oxygens (including phenoxy) is 2. The summed E-state index contributed by atoms with van der Waals surface area (Å²) in [5.41, 5.74) is 2.19. The summed E-state index contributed by atoms with van der Waals surface area (Å²) >= 11 is 0. The van der Waals surface area contributed by atoms with Gasteiger partial charge in [0, 0.05) is 17.5 Å². The molecule has 0 bridgehead atoms. The van der Waals surface area contributed by atoms with Crippen LogP contribution >= 0.6 is 0 Å². The minimum Gasteiger partial charge on any atom is -0.497 e. The Morgan fingerprint density at radius 3 is 2.09 bits per heavy atom. The van der Waals surface area contributed by atoms with Crippen molar-refractivity contribution in [2.75, 3.05) is 21.3 Å². The molecule has 0 fully saturated rings. The molecule has 0 aliphatic heterocycles. The Morgan fingerprint density at radius 1 is 0.826 bits per heavy atom. The largest absolute Gasteiger partial charge is 0.497 e. The molecule has 1 aromatic heterocycles. The van der Waals surface area contributed by atoms with Gasteiger partial charge >= 0.3 is 0 Å². The third kappa shape index (κ3) is 2.61. The van der Waals surface area contributed by atoms with Crippen molar-refractivity contribution in [1.82, 2.24) is 4.73 Å². The summed E-state index contributed by atoms with van der Waals surface area (Å²) in [5, 5.41) is 0.900. The van der Waals surface area contributed by atoms with Crippen molar-refractivity contribution in [1.29, 1.82) is 0 Å². The third-order valence-electron chi connectivity index (χ3n) is 3.77. The zero-order valence-corrected chi connectivity index (χ0v) is 13.2.